The molecule has 0 spiro atoms. The second-order valence-corrected chi connectivity index (χ2v) is 10.8. The lowest BCUT2D eigenvalue weighted by atomic mass is 9.77. The predicted octanol–water partition coefficient (Wildman–Crippen LogP) is 5.01. The number of nitrogens with one attached hydrogen (secondary N) is 2. The molecule has 5 aromatic rings. The summed E-state index contributed by atoms with van der Waals surface area (Å²) in [5.74, 6) is -2.74. The molecule has 1 aliphatic rings. The number of hydrogen-bond acceptors (Lipinski definition) is 6. The van der Waals surface area contributed by atoms with E-state index in [0.717, 1.165) is 34.9 Å². The molecular weight excluding hydrogens is 592 g/mol. The number of nitrogens with two attached hydrogens (primary N) is 1. The van der Waals surface area contributed by atoms with Crippen LogP contribution in [0.2, 0.25) is 0 Å². The summed E-state index contributed by atoms with van der Waals surface area (Å²) >= 11 is 0. The van der Waals surface area contributed by atoms with Gasteiger partial charge in [0.2, 0.25) is 29.4 Å². The summed E-state index contributed by atoms with van der Waals surface area (Å²) in [4.78, 5) is 39.1. The molecule has 1 fully saturated rings. The van der Waals surface area contributed by atoms with Gasteiger partial charge < -0.3 is 20.9 Å². The molecule has 0 bridgehead atoms. The highest BCUT2D eigenvalue weighted by Crippen LogP contribution is 2.45. The minimum atomic E-state index is -1.16. The number of rotatable bonds is 9. The Labute approximate surface area is 263 Å². The third-order valence-electron chi connectivity index (χ3n) is 7.68. The van der Waals surface area contributed by atoms with Crippen molar-refractivity contribution in [2.75, 3.05) is 0 Å². The number of halogens is 2. The number of benzene rings is 4. The largest absolute Gasteiger partial charge is 0.369 e. The van der Waals surface area contributed by atoms with Crippen LogP contribution in [0.4, 0.5) is 8.78 Å². The first-order chi connectivity index (χ1) is 22.2. The van der Waals surface area contributed by atoms with Crippen LogP contribution < -0.4 is 16.4 Å². The Kier molecular flexibility index (Phi) is 9.31. The quantitative estimate of drug-likeness (QED) is 0.156. The second-order valence-electron chi connectivity index (χ2n) is 10.8. The molecular formula is C35H31F2N5O4. The Morgan fingerprint density at radius 3 is 1.83 bits per heavy atom. The molecule has 1 aromatic heterocycles. The summed E-state index contributed by atoms with van der Waals surface area (Å²) in [5, 5.41) is 9.22. The molecule has 46 heavy (non-hydrogen) atoms. The van der Waals surface area contributed by atoms with E-state index in [1.54, 1.807) is 6.92 Å². The number of hydrogen-bond donors (Lipinski definition) is 3. The van der Waals surface area contributed by atoms with Crippen molar-refractivity contribution in [2.24, 2.45) is 11.1 Å². The van der Waals surface area contributed by atoms with Gasteiger partial charge in [-0.2, -0.15) is 4.98 Å². The van der Waals surface area contributed by atoms with E-state index >= 15 is 0 Å². The average molecular weight is 624 g/mol. The maximum atomic E-state index is 13.6. The highest BCUT2D eigenvalue weighted by Gasteiger charge is 2.55. The van der Waals surface area contributed by atoms with Crippen LogP contribution in [0, 0.1) is 17.0 Å². The molecule has 0 aliphatic heterocycles. The van der Waals surface area contributed by atoms with Gasteiger partial charge in [-0.3, -0.25) is 14.4 Å². The predicted molar refractivity (Wildman–Crippen MR) is 165 cm³/mol. The first kappa shape index (κ1) is 31.7. The van der Waals surface area contributed by atoms with Crippen LogP contribution in [-0.2, 0) is 26.5 Å². The van der Waals surface area contributed by atoms with Crippen molar-refractivity contribution in [3.63, 3.8) is 0 Å². The first-order valence-corrected chi connectivity index (χ1v) is 14.5. The van der Waals surface area contributed by atoms with Crippen molar-refractivity contribution >= 4 is 17.7 Å². The topological polar surface area (TPSA) is 140 Å². The highest BCUT2D eigenvalue weighted by atomic mass is 19.1. The van der Waals surface area contributed by atoms with Gasteiger partial charge in [-0.15, -0.1) is 0 Å². The van der Waals surface area contributed by atoms with E-state index in [9.17, 15) is 23.2 Å². The average Bonchev–Trinajstić information content (AvgIpc) is 3.77. The minimum Gasteiger partial charge on any atom is -0.369 e. The molecule has 6 rings (SSSR count). The summed E-state index contributed by atoms with van der Waals surface area (Å²) < 4.78 is 31.7. The molecule has 0 unspecified atom stereocenters. The van der Waals surface area contributed by atoms with Crippen molar-refractivity contribution in [3.8, 4) is 11.4 Å². The van der Waals surface area contributed by atoms with E-state index < -0.39 is 34.4 Å². The maximum Gasteiger partial charge on any atom is 0.246 e. The van der Waals surface area contributed by atoms with Crippen LogP contribution in [-0.4, -0.2) is 27.9 Å². The molecule has 9 nitrogen and oxygen atoms in total. The zero-order valence-electron chi connectivity index (χ0n) is 24.9. The molecule has 4 aromatic carbocycles. The minimum absolute atomic E-state index is 0.00252. The van der Waals surface area contributed by atoms with Gasteiger partial charge in [0.15, 0.2) is 0 Å². The normalized spacial score (nSPS) is 13.1. The van der Waals surface area contributed by atoms with Crippen molar-refractivity contribution in [1.29, 1.82) is 0 Å². The number of primary amides is 1. The van der Waals surface area contributed by atoms with Gasteiger partial charge in [0.05, 0.1) is 12.1 Å². The Morgan fingerprint density at radius 1 is 0.848 bits per heavy atom. The van der Waals surface area contributed by atoms with E-state index in [2.05, 4.69) is 57.2 Å². The van der Waals surface area contributed by atoms with Crippen molar-refractivity contribution in [1.82, 2.24) is 20.8 Å². The van der Waals surface area contributed by atoms with Gasteiger partial charge in [-0.1, -0.05) is 96.2 Å². The molecule has 0 radical (unpaired) electrons. The molecule has 4 N–H and O–H groups in total. The lowest BCUT2D eigenvalue weighted by Crippen LogP contribution is -2.46. The summed E-state index contributed by atoms with van der Waals surface area (Å²) in [6.45, 7) is 1.42. The zero-order chi connectivity index (χ0) is 32.7. The fourth-order valence-corrected chi connectivity index (χ4v) is 5.19. The zero-order valence-corrected chi connectivity index (χ0v) is 24.9. The summed E-state index contributed by atoms with van der Waals surface area (Å²) in [7, 11) is 0. The maximum absolute atomic E-state index is 13.6. The van der Waals surface area contributed by atoms with Crippen molar-refractivity contribution in [2.45, 2.75) is 31.8 Å². The van der Waals surface area contributed by atoms with Gasteiger partial charge in [0, 0.05) is 6.92 Å². The number of aromatic nitrogens is 2. The van der Waals surface area contributed by atoms with E-state index in [1.807, 2.05) is 54.6 Å². The third kappa shape index (κ3) is 6.68. The van der Waals surface area contributed by atoms with Crippen LogP contribution in [0.15, 0.2) is 114 Å². The van der Waals surface area contributed by atoms with Gasteiger partial charge in [-0.05, 0) is 47.7 Å². The molecule has 234 valence electrons. The summed E-state index contributed by atoms with van der Waals surface area (Å²) in [6, 6.07) is 33.1. The number of carbonyl (C=O) groups excluding carboxylic acids is 3. The summed E-state index contributed by atoms with van der Waals surface area (Å²) in [6.07, 6.45) is 0.801. The van der Waals surface area contributed by atoms with Crippen LogP contribution in [0.25, 0.3) is 11.4 Å². The van der Waals surface area contributed by atoms with Crippen LogP contribution in [0.3, 0.4) is 0 Å². The Balaban J connectivity index is 0.000000181. The van der Waals surface area contributed by atoms with Crippen LogP contribution >= 0.6 is 0 Å². The lowest BCUT2D eigenvalue weighted by Gasteiger charge is -2.36. The summed E-state index contributed by atoms with van der Waals surface area (Å²) in [5.41, 5.74) is 6.28. The third-order valence-corrected chi connectivity index (χ3v) is 7.68. The lowest BCUT2D eigenvalue weighted by molar-refractivity contribution is -0.135. The SMILES string of the molecule is CC(=O)NC(c1ccccc1)(c1ccccc1)c1ccccc1.NC(=O)C1(C(=O)NCc2nc(-c3cc(F)ccc3F)no2)CC1. The van der Waals surface area contributed by atoms with E-state index in [1.165, 1.54) is 0 Å². The monoisotopic (exact) mass is 623 g/mol. The fourth-order valence-electron chi connectivity index (χ4n) is 5.19. The first-order valence-electron chi connectivity index (χ1n) is 14.5. The number of carbonyl (C=O) groups is 3. The molecule has 0 saturated heterocycles. The standard InChI is InChI=1S/C21H19NO.C14H12F2N4O3/c1-17(23)22-21(18-11-5-2-6-12-18,19-13-7-3-8-14-19)20-15-9-4-10-16-20;15-7-1-2-9(16)8(5-7)11-19-10(23-20-11)6-18-13(22)14(3-4-14)12(17)21/h2-16H,1H3,(H,22,23);1-2,5H,3-4,6H2,(H2,17,21)(H,18,22). The van der Waals surface area contributed by atoms with Gasteiger partial charge in [0.1, 0.15) is 22.6 Å². The van der Waals surface area contributed by atoms with Crippen LogP contribution in [0.1, 0.15) is 42.3 Å². The Morgan fingerprint density at radius 2 is 1.37 bits per heavy atom. The van der Waals surface area contributed by atoms with Crippen molar-refractivity contribution in [3.05, 3.63) is 143 Å². The number of nitrogens with zero attached hydrogens (tertiary/aromatic N) is 2. The van der Waals surface area contributed by atoms with E-state index in [4.69, 9.17) is 10.3 Å². The van der Waals surface area contributed by atoms with Crippen LogP contribution in [0.5, 0.6) is 0 Å². The fraction of sp³-hybridized carbons (Fsp3) is 0.171. The molecule has 0 atom stereocenters. The van der Waals surface area contributed by atoms with Crippen molar-refractivity contribution < 1.29 is 27.7 Å². The molecule has 1 heterocycles. The number of amides is 3. The molecule has 1 aliphatic carbocycles. The van der Waals surface area contributed by atoms with Gasteiger partial charge in [-0.25, -0.2) is 8.78 Å². The Bertz CT molecular complexity index is 1730. The highest BCUT2D eigenvalue weighted by molar-refractivity contribution is 6.07. The van der Waals surface area contributed by atoms with Gasteiger partial charge >= 0.3 is 0 Å². The second kappa shape index (κ2) is 13.5. The molecule has 1 saturated carbocycles. The molecule has 11 heteroatoms. The van der Waals surface area contributed by atoms with Gasteiger partial charge in [0.25, 0.3) is 0 Å². The van der Waals surface area contributed by atoms with E-state index in [-0.39, 0.29) is 29.7 Å². The van der Waals surface area contributed by atoms with E-state index in [0.29, 0.717) is 12.8 Å². The molecule has 3 amide bonds. The smallest absolute Gasteiger partial charge is 0.246 e. The Hall–Kier alpha value is -5.71.